The van der Waals surface area contributed by atoms with Gasteiger partial charge in [0.2, 0.25) is 0 Å². The number of thioether (sulfide) groups is 1. The zero-order valence-corrected chi connectivity index (χ0v) is 16.7. The fourth-order valence-electron chi connectivity index (χ4n) is 2.12. The highest BCUT2D eigenvalue weighted by atomic mass is 32.2. The number of aromatic nitrogens is 1. The minimum Gasteiger partial charge on any atom is -0.497 e. The maximum atomic E-state index is 11.0. The second kappa shape index (κ2) is 8.94. The number of hydrogen-bond donors (Lipinski definition) is 0. The monoisotopic (exact) mass is 375 g/mol. The second-order valence-corrected chi connectivity index (χ2v) is 8.62. The molecule has 0 amide bonds. The van der Waals surface area contributed by atoms with E-state index in [1.54, 1.807) is 25.1 Å². The molecule has 0 atom stereocenters. The van der Waals surface area contributed by atoms with Gasteiger partial charge in [-0.2, -0.15) is 0 Å². The van der Waals surface area contributed by atoms with E-state index >= 15 is 0 Å². The van der Waals surface area contributed by atoms with E-state index in [2.05, 4.69) is 25.8 Å². The minimum absolute atomic E-state index is 0.0122. The number of hydrogen-bond acceptors (Lipinski definition) is 6. The van der Waals surface area contributed by atoms with Crippen molar-refractivity contribution >= 4 is 17.7 Å². The average Bonchev–Trinajstić information content (AvgIpc) is 2.58. The van der Waals surface area contributed by atoms with Crippen LogP contribution >= 0.6 is 11.8 Å². The van der Waals surface area contributed by atoms with Crippen LogP contribution in [0.25, 0.3) is 0 Å². The van der Waals surface area contributed by atoms with Crippen molar-refractivity contribution in [2.24, 2.45) is 0 Å². The van der Waals surface area contributed by atoms with Gasteiger partial charge in [-0.25, -0.2) is 0 Å². The van der Waals surface area contributed by atoms with E-state index in [0.29, 0.717) is 18.1 Å². The molecular weight excluding hydrogens is 350 g/mol. The molecule has 6 heteroatoms. The van der Waals surface area contributed by atoms with Gasteiger partial charge in [0.25, 0.3) is 0 Å². The molecule has 1 heterocycles. The molecular formula is C20H25NO4S. The number of ether oxygens (including phenoxy) is 3. The Morgan fingerprint density at radius 2 is 1.85 bits per heavy atom. The minimum atomic E-state index is -0.323. The third kappa shape index (κ3) is 6.59. The maximum Gasteiger partial charge on any atom is 0.303 e. The molecule has 140 valence electrons. The first-order valence-corrected chi connectivity index (χ1v) is 9.15. The van der Waals surface area contributed by atoms with Crippen molar-refractivity contribution in [3.8, 4) is 11.5 Å². The summed E-state index contributed by atoms with van der Waals surface area (Å²) in [6.07, 6.45) is 1.69. The van der Waals surface area contributed by atoms with Gasteiger partial charge >= 0.3 is 5.97 Å². The zero-order valence-electron chi connectivity index (χ0n) is 15.9. The molecule has 0 aliphatic rings. The normalized spacial score (nSPS) is 11.1. The molecule has 0 aliphatic carbocycles. The number of rotatable bonds is 7. The number of benzene rings is 1. The average molecular weight is 375 g/mol. The molecule has 0 fully saturated rings. The number of methoxy groups -OCH3 is 1. The van der Waals surface area contributed by atoms with Crippen molar-refractivity contribution < 1.29 is 19.0 Å². The molecule has 1 aromatic heterocycles. The van der Waals surface area contributed by atoms with E-state index in [4.69, 9.17) is 14.2 Å². The van der Waals surface area contributed by atoms with Crippen LogP contribution in [-0.4, -0.2) is 22.8 Å². The molecule has 0 spiro atoms. The number of esters is 1. The van der Waals surface area contributed by atoms with Gasteiger partial charge < -0.3 is 14.2 Å². The number of carbonyl (C=O) groups is 1. The summed E-state index contributed by atoms with van der Waals surface area (Å²) >= 11 is 1.69. The van der Waals surface area contributed by atoms with Gasteiger partial charge in [0.1, 0.15) is 19.0 Å². The van der Waals surface area contributed by atoms with Gasteiger partial charge in [-0.05, 0) is 23.8 Å². The molecule has 0 N–H and O–H groups in total. The molecule has 0 saturated heterocycles. The Hall–Kier alpha value is -2.21. The van der Waals surface area contributed by atoms with Crippen LogP contribution in [0.5, 0.6) is 11.5 Å². The van der Waals surface area contributed by atoms with Crippen LogP contribution in [0.2, 0.25) is 0 Å². The van der Waals surface area contributed by atoms with Crippen LogP contribution < -0.4 is 9.47 Å². The van der Waals surface area contributed by atoms with Crippen LogP contribution in [0.1, 0.15) is 39.0 Å². The van der Waals surface area contributed by atoms with Crippen LogP contribution in [0.4, 0.5) is 0 Å². The summed E-state index contributed by atoms with van der Waals surface area (Å²) in [5.41, 5.74) is 1.74. The summed E-state index contributed by atoms with van der Waals surface area (Å²) < 4.78 is 16.2. The van der Waals surface area contributed by atoms with Gasteiger partial charge in [0, 0.05) is 11.7 Å². The summed E-state index contributed by atoms with van der Waals surface area (Å²) in [5, 5.41) is 0. The lowest BCUT2D eigenvalue weighted by Gasteiger charge is -2.20. The fourth-order valence-corrected chi connectivity index (χ4v) is 3.19. The molecule has 2 rings (SSSR count). The van der Waals surface area contributed by atoms with Crippen LogP contribution in [0.3, 0.4) is 0 Å². The van der Waals surface area contributed by atoms with Crippen molar-refractivity contribution in [3.63, 3.8) is 0 Å². The second-order valence-electron chi connectivity index (χ2n) is 6.75. The lowest BCUT2D eigenvalue weighted by atomic mass is 10.2. The number of nitrogens with zero attached hydrogens (tertiary/aromatic N) is 1. The van der Waals surface area contributed by atoms with Gasteiger partial charge in [-0.1, -0.05) is 32.9 Å². The highest BCUT2D eigenvalue weighted by molar-refractivity contribution is 8.00. The molecule has 5 nitrogen and oxygen atoms in total. The summed E-state index contributed by atoms with van der Waals surface area (Å²) in [6.45, 7) is 8.39. The summed E-state index contributed by atoms with van der Waals surface area (Å²) in [6, 6.07) is 9.67. The lowest BCUT2D eigenvalue weighted by molar-refractivity contribution is -0.142. The van der Waals surface area contributed by atoms with E-state index in [1.807, 2.05) is 30.3 Å². The Labute approximate surface area is 159 Å². The maximum absolute atomic E-state index is 11.0. The smallest absolute Gasteiger partial charge is 0.303 e. The lowest BCUT2D eigenvalue weighted by Crippen LogP contribution is -2.09. The van der Waals surface area contributed by atoms with Crippen LogP contribution in [0, 0.1) is 0 Å². The van der Waals surface area contributed by atoms with Gasteiger partial charge in [-0.15, -0.1) is 11.8 Å². The van der Waals surface area contributed by atoms with E-state index in [-0.39, 0.29) is 17.3 Å². The van der Waals surface area contributed by atoms with Crippen LogP contribution in [0.15, 0.2) is 41.4 Å². The van der Waals surface area contributed by atoms with E-state index in [1.165, 1.54) is 6.92 Å². The summed E-state index contributed by atoms with van der Waals surface area (Å²) in [4.78, 5) is 16.3. The van der Waals surface area contributed by atoms with Crippen molar-refractivity contribution in [2.75, 3.05) is 7.11 Å². The SMILES string of the molecule is COc1ccc(COc2cnc(COC(C)=O)cc2SC(C)(C)C)cc1. The highest BCUT2D eigenvalue weighted by Crippen LogP contribution is 2.38. The Morgan fingerprint density at radius 1 is 1.15 bits per heavy atom. The van der Waals surface area contributed by atoms with Crippen molar-refractivity contribution in [3.05, 3.63) is 47.8 Å². The van der Waals surface area contributed by atoms with E-state index in [9.17, 15) is 4.79 Å². The first-order valence-electron chi connectivity index (χ1n) is 8.34. The predicted molar refractivity (Wildman–Crippen MR) is 103 cm³/mol. The molecule has 1 aromatic carbocycles. The van der Waals surface area contributed by atoms with Crippen molar-refractivity contribution in [1.29, 1.82) is 0 Å². The fraction of sp³-hybridized carbons (Fsp3) is 0.400. The Bertz CT molecular complexity index is 738. The van der Waals surface area contributed by atoms with E-state index in [0.717, 1.165) is 16.2 Å². The largest absolute Gasteiger partial charge is 0.497 e. The van der Waals surface area contributed by atoms with Gasteiger partial charge in [0.15, 0.2) is 5.75 Å². The standard InChI is InChI=1S/C20H25NO4S/c1-14(22)24-13-16-10-19(26-20(2,3)4)18(11-21-16)25-12-15-6-8-17(23-5)9-7-15/h6-11H,12-13H2,1-5H3. The van der Waals surface area contributed by atoms with E-state index < -0.39 is 0 Å². The molecule has 0 aliphatic heterocycles. The summed E-state index contributed by atoms with van der Waals surface area (Å²) in [5.74, 6) is 1.21. The molecule has 0 unspecified atom stereocenters. The molecule has 0 saturated carbocycles. The van der Waals surface area contributed by atoms with Crippen molar-refractivity contribution in [2.45, 2.75) is 50.6 Å². The summed E-state index contributed by atoms with van der Waals surface area (Å²) in [7, 11) is 1.64. The topological polar surface area (TPSA) is 57.6 Å². The predicted octanol–water partition coefficient (Wildman–Crippen LogP) is 4.62. The van der Waals surface area contributed by atoms with Gasteiger partial charge in [0.05, 0.1) is 23.9 Å². The molecule has 0 radical (unpaired) electrons. The third-order valence-corrected chi connectivity index (χ3v) is 4.43. The number of carbonyl (C=O) groups excluding carboxylic acids is 1. The molecule has 0 bridgehead atoms. The highest BCUT2D eigenvalue weighted by Gasteiger charge is 2.17. The Balaban J connectivity index is 2.14. The zero-order chi connectivity index (χ0) is 19.2. The van der Waals surface area contributed by atoms with Gasteiger partial charge in [-0.3, -0.25) is 9.78 Å². The quantitative estimate of drug-likeness (QED) is 0.520. The molecule has 2 aromatic rings. The number of pyridine rings is 1. The van der Waals surface area contributed by atoms with Crippen LogP contribution in [-0.2, 0) is 22.7 Å². The first-order chi connectivity index (χ1) is 12.3. The first kappa shape index (κ1) is 20.1. The Morgan fingerprint density at radius 3 is 2.42 bits per heavy atom. The Kier molecular flexibility index (Phi) is 6.91. The molecule has 26 heavy (non-hydrogen) atoms. The third-order valence-electron chi connectivity index (χ3n) is 3.28. The van der Waals surface area contributed by atoms with Crippen molar-refractivity contribution in [1.82, 2.24) is 4.98 Å².